The lowest BCUT2D eigenvalue weighted by Gasteiger charge is -2.35. The van der Waals surface area contributed by atoms with Crippen LogP contribution in [0.5, 0.6) is 0 Å². The molecule has 0 radical (unpaired) electrons. The lowest BCUT2D eigenvalue weighted by molar-refractivity contribution is -0.137. The Labute approximate surface area is 111 Å². The van der Waals surface area contributed by atoms with Crippen molar-refractivity contribution < 1.29 is 4.79 Å². The van der Waals surface area contributed by atoms with E-state index in [-0.39, 0.29) is 6.04 Å². The van der Waals surface area contributed by atoms with Gasteiger partial charge in [0.1, 0.15) is 0 Å². The van der Waals surface area contributed by atoms with Crippen molar-refractivity contribution in [2.45, 2.75) is 45.1 Å². The summed E-state index contributed by atoms with van der Waals surface area (Å²) in [7, 11) is 0. The highest BCUT2D eigenvalue weighted by atomic mass is 16.2. The molecule has 0 spiro atoms. The summed E-state index contributed by atoms with van der Waals surface area (Å²) in [5, 5.41) is 3.30. The van der Waals surface area contributed by atoms with Gasteiger partial charge in [-0.2, -0.15) is 0 Å². The van der Waals surface area contributed by atoms with Crippen molar-refractivity contribution in [2.75, 3.05) is 39.3 Å². The molecule has 0 aromatic rings. The van der Waals surface area contributed by atoms with Crippen LogP contribution in [0.1, 0.15) is 39.0 Å². The molecule has 1 atom stereocenters. The molecule has 2 heterocycles. The predicted octanol–water partition coefficient (Wildman–Crippen LogP) is 1.07. The van der Waals surface area contributed by atoms with Gasteiger partial charge in [0.25, 0.3) is 0 Å². The molecule has 1 N–H and O–H groups in total. The van der Waals surface area contributed by atoms with Gasteiger partial charge in [-0.25, -0.2) is 0 Å². The van der Waals surface area contributed by atoms with Gasteiger partial charge in [-0.1, -0.05) is 19.3 Å². The van der Waals surface area contributed by atoms with Gasteiger partial charge in [0, 0.05) is 26.2 Å². The summed E-state index contributed by atoms with van der Waals surface area (Å²) in [6.07, 6.45) is 6.52. The molecule has 2 aliphatic rings. The van der Waals surface area contributed by atoms with E-state index >= 15 is 0 Å². The molecular weight excluding hydrogens is 226 g/mol. The Balaban J connectivity index is 1.86. The van der Waals surface area contributed by atoms with Gasteiger partial charge in [-0.15, -0.1) is 0 Å². The standard InChI is InChI=1S/C14H27N3O/c1-13(14(18)17-11-7-15-8-12-17)16-9-5-3-2-4-6-10-16/h13,15H,2-12H2,1H3. The molecule has 2 fully saturated rings. The molecule has 2 aliphatic heterocycles. The van der Waals surface area contributed by atoms with Crippen LogP contribution in [-0.4, -0.2) is 61.0 Å². The highest BCUT2D eigenvalue weighted by Gasteiger charge is 2.26. The molecule has 4 nitrogen and oxygen atoms in total. The fourth-order valence-electron chi connectivity index (χ4n) is 2.96. The molecule has 4 heteroatoms. The smallest absolute Gasteiger partial charge is 0.239 e. The van der Waals surface area contributed by atoms with Gasteiger partial charge in [-0.3, -0.25) is 9.69 Å². The highest BCUT2D eigenvalue weighted by molar-refractivity contribution is 5.81. The van der Waals surface area contributed by atoms with E-state index in [1.165, 1.54) is 32.1 Å². The third-order valence-corrected chi connectivity index (χ3v) is 4.22. The van der Waals surface area contributed by atoms with Crippen LogP contribution in [0.3, 0.4) is 0 Å². The summed E-state index contributed by atoms with van der Waals surface area (Å²) >= 11 is 0. The number of amides is 1. The van der Waals surface area contributed by atoms with Crippen LogP contribution < -0.4 is 5.32 Å². The number of nitrogens with zero attached hydrogens (tertiary/aromatic N) is 2. The highest BCUT2D eigenvalue weighted by Crippen LogP contribution is 2.14. The second-order valence-corrected chi connectivity index (χ2v) is 5.55. The van der Waals surface area contributed by atoms with Crippen molar-refractivity contribution in [3.63, 3.8) is 0 Å². The van der Waals surface area contributed by atoms with Crippen molar-refractivity contribution in [3.05, 3.63) is 0 Å². The lowest BCUT2D eigenvalue weighted by atomic mass is 10.1. The van der Waals surface area contributed by atoms with Crippen molar-refractivity contribution in [3.8, 4) is 0 Å². The zero-order valence-electron chi connectivity index (χ0n) is 11.7. The Bertz CT molecular complexity index is 256. The van der Waals surface area contributed by atoms with E-state index in [0.717, 1.165) is 39.3 Å². The SMILES string of the molecule is CC(C(=O)N1CCNCC1)N1CCCCCCC1. The first kappa shape index (κ1) is 13.8. The van der Waals surface area contributed by atoms with E-state index in [1.807, 2.05) is 4.90 Å². The van der Waals surface area contributed by atoms with Gasteiger partial charge in [0.05, 0.1) is 6.04 Å². The number of carbonyl (C=O) groups is 1. The van der Waals surface area contributed by atoms with Crippen LogP contribution >= 0.6 is 0 Å². The maximum Gasteiger partial charge on any atom is 0.239 e. The summed E-state index contributed by atoms with van der Waals surface area (Å²) in [6.45, 7) is 7.91. The topological polar surface area (TPSA) is 35.6 Å². The first-order valence-electron chi connectivity index (χ1n) is 7.52. The van der Waals surface area contributed by atoms with Crippen molar-refractivity contribution in [2.24, 2.45) is 0 Å². The molecule has 0 aromatic heterocycles. The largest absolute Gasteiger partial charge is 0.339 e. The average Bonchev–Trinajstić information content (AvgIpc) is 2.38. The minimum Gasteiger partial charge on any atom is -0.339 e. The van der Waals surface area contributed by atoms with Crippen LogP contribution in [0.15, 0.2) is 0 Å². The summed E-state index contributed by atoms with van der Waals surface area (Å²) in [5.74, 6) is 0.331. The van der Waals surface area contributed by atoms with Crippen LogP contribution in [0, 0.1) is 0 Å². The van der Waals surface area contributed by atoms with Crippen molar-refractivity contribution in [1.29, 1.82) is 0 Å². The second-order valence-electron chi connectivity index (χ2n) is 5.55. The molecule has 1 unspecified atom stereocenters. The minimum atomic E-state index is 0.0706. The van der Waals surface area contributed by atoms with Gasteiger partial charge < -0.3 is 10.2 Å². The van der Waals surface area contributed by atoms with E-state index in [0.29, 0.717) is 5.91 Å². The van der Waals surface area contributed by atoms with E-state index in [4.69, 9.17) is 0 Å². The normalized spacial score (nSPS) is 25.3. The van der Waals surface area contributed by atoms with Gasteiger partial charge in [-0.05, 0) is 32.9 Å². The summed E-state index contributed by atoms with van der Waals surface area (Å²) in [6, 6.07) is 0.0706. The van der Waals surface area contributed by atoms with E-state index < -0.39 is 0 Å². The Hall–Kier alpha value is -0.610. The minimum absolute atomic E-state index is 0.0706. The number of carbonyl (C=O) groups excluding carboxylic acids is 1. The van der Waals surface area contributed by atoms with Crippen molar-refractivity contribution >= 4 is 5.91 Å². The van der Waals surface area contributed by atoms with Crippen LogP contribution in [0.25, 0.3) is 0 Å². The average molecular weight is 253 g/mol. The number of nitrogens with one attached hydrogen (secondary N) is 1. The number of rotatable bonds is 2. The molecule has 2 saturated heterocycles. The van der Waals surface area contributed by atoms with E-state index in [9.17, 15) is 4.79 Å². The quantitative estimate of drug-likeness (QED) is 0.800. The number of hydrogen-bond donors (Lipinski definition) is 1. The molecule has 2 rings (SSSR count). The Morgan fingerprint density at radius 2 is 1.50 bits per heavy atom. The maximum absolute atomic E-state index is 12.5. The molecule has 1 amide bonds. The molecular formula is C14H27N3O. The molecule has 18 heavy (non-hydrogen) atoms. The van der Waals surface area contributed by atoms with Crippen molar-refractivity contribution in [1.82, 2.24) is 15.1 Å². The fourth-order valence-corrected chi connectivity index (χ4v) is 2.96. The molecule has 0 saturated carbocycles. The van der Waals surface area contributed by atoms with Crippen LogP contribution in [0.2, 0.25) is 0 Å². The first-order chi connectivity index (χ1) is 8.79. The predicted molar refractivity (Wildman–Crippen MR) is 73.6 cm³/mol. The van der Waals surface area contributed by atoms with Crippen LogP contribution in [0.4, 0.5) is 0 Å². The molecule has 104 valence electrons. The number of hydrogen-bond acceptors (Lipinski definition) is 3. The van der Waals surface area contributed by atoms with Gasteiger partial charge in [0.15, 0.2) is 0 Å². The van der Waals surface area contributed by atoms with E-state index in [2.05, 4.69) is 17.1 Å². The van der Waals surface area contributed by atoms with Crippen LogP contribution in [-0.2, 0) is 4.79 Å². The summed E-state index contributed by atoms with van der Waals surface area (Å²) < 4.78 is 0. The lowest BCUT2D eigenvalue weighted by Crippen LogP contribution is -2.53. The summed E-state index contributed by atoms with van der Waals surface area (Å²) in [4.78, 5) is 16.9. The van der Waals surface area contributed by atoms with E-state index in [1.54, 1.807) is 0 Å². The van der Waals surface area contributed by atoms with Gasteiger partial charge >= 0.3 is 0 Å². The zero-order valence-corrected chi connectivity index (χ0v) is 11.7. The third kappa shape index (κ3) is 3.69. The monoisotopic (exact) mass is 253 g/mol. The Kier molecular flexibility index (Phi) is 5.45. The molecule has 0 bridgehead atoms. The zero-order chi connectivity index (χ0) is 12.8. The van der Waals surface area contributed by atoms with Gasteiger partial charge in [0.2, 0.25) is 5.91 Å². The molecule has 0 aliphatic carbocycles. The fraction of sp³-hybridized carbons (Fsp3) is 0.929. The molecule has 0 aromatic carbocycles. The second kappa shape index (κ2) is 7.10. The third-order valence-electron chi connectivity index (χ3n) is 4.22. The maximum atomic E-state index is 12.5. The Morgan fingerprint density at radius 3 is 2.11 bits per heavy atom. The first-order valence-corrected chi connectivity index (χ1v) is 7.52. The Morgan fingerprint density at radius 1 is 0.944 bits per heavy atom. The number of piperazine rings is 1. The summed E-state index contributed by atoms with van der Waals surface area (Å²) in [5.41, 5.74) is 0. The number of likely N-dealkylation sites (tertiary alicyclic amines) is 1.